The van der Waals surface area contributed by atoms with Crippen LogP contribution in [0.1, 0.15) is 22.7 Å². The third-order valence-corrected chi connectivity index (χ3v) is 6.10. The van der Waals surface area contributed by atoms with Gasteiger partial charge in [-0.15, -0.1) is 0 Å². The molecule has 3 aromatic rings. The van der Waals surface area contributed by atoms with Crippen LogP contribution in [0.25, 0.3) is 0 Å². The first-order valence-electron chi connectivity index (χ1n) is 9.39. The van der Waals surface area contributed by atoms with Gasteiger partial charge in [-0.3, -0.25) is 9.10 Å². The molecule has 5 nitrogen and oxygen atoms in total. The van der Waals surface area contributed by atoms with E-state index in [0.717, 1.165) is 27.3 Å². The van der Waals surface area contributed by atoms with Crippen molar-refractivity contribution in [1.82, 2.24) is 5.32 Å². The number of rotatable bonds is 7. The van der Waals surface area contributed by atoms with E-state index in [0.29, 0.717) is 10.7 Å². The maximum absolute atomic E-state index is 13.0. The monoisotopic (exact) mass is 442 g/mol. The van der Waals surface area contributed by atoms with E-state index in [1.54, 1.807) is 18.2 Å². The Labute approximate surface area is 182 Å². The number of aryl methyl sites for hydroxylation is 1. The van der Waals surface area contributed by atoms with Crippen LogP contribution in [0.2, 0.25) is 5.02 Å². The summed E-state index contributed by atoms with van der Waals surface area (Å²) in [5, 5.41) is 3.39. The SMILES string of the molecule is Cc1ccccc1[C@H](NC(=O)CN(c1cccc(Cl)c1)S(C)(=O)=O)c1ccccc1. The Kier molecular flexibility index (Phi) is 6.80. The van der Waals surface area contributed by atoms with Gasteiger partial charge in [-0.05, 0) is 41.8 Å². The third-order valence-electron chi connectivity index (χ3n) is 4.72. The molecule has 3 rings (SSSR count). The molecule has 1 N–H and O–H groups in total. The predicted octanol–water partition coefficient (Wildman–Crippen LogP) is 4.32. The molecular weight excluding hydrogens is 420 g/mol. The smallest absolute Gasteiger partial charge is 0.241 e. The van der Waals surface area contributed by atoms with E-state index in [9.17, 15) is 13.2 Å². The van der Waals surface area contributed by atoms with Crippen LogP contribution < -0.4 is 9.62 Å². The van der Waals surface area contributed by atoms with Gasteiger partial charge in [0.1, 0.15) is 6.54 Å². The van der Waals surface area contributed by atoms with E-state index in [2.05, 4.69) is 5.32 Å². The van der Waals surface area contributed by atoms with E-state index in [1.807, 2.05) is 61.5 Å². The van der Waals surface area contributed by atoms with Gasteiger partial charge in [0.25, 0.3) is 0 Å². The Balaban J connectivity index is 1.91. The summed E-state index contributed by atoms with van der Waals surface area (Å²) in [6.07, 6.45) is 1.07. The fraction of sp³-hybridized carbons (Fsp3) is 0.174. The molecule has 0 aromatic heterocycles. The highest BCUT2D eigenvalue weighted by Gasteiger charge is 2.24. The van der Waals surface area contributed by atoms with Crippen molar-refractivity contribution in [2.75, 3.05) is 17.1 Å². The van der Waals surface area contributed by atoms with E-state index < -0.39 is 22.0 Å². The van der Waals surface area contributed by atoms with Gasteiger partial charge in [0.2, 0.25) is 15.9 Å². The molecule has 1 amide bonds. The maximum atomic E-state index is 13.0. The lowest BCUT2D eigenvalue weighted by Gasteiger charge is -2.25. The largest absolute Gasteiger partial charge is 0.344 e. The molecule has 0 bridgehead atoms. The molecule has 0 fully saturated rings. The normalized spacial score (nSPS) is 12.2. The number of amides is 1. The van der Waals surface area contributed by atoms with Crippen LogP contribution in [0, 0.1) is 6.92 Å². The predicted molar refractivity (Wildman–Crippen MR) is 121 cm³/mol. The standard InChI is InChI=1S/C23H23ClN2O3S/c1-17-9-6-7-14-21(17)23(18-10-4-3-5-11-18)25-22(27)16-26(30(2,28)29)20-13-8-12-19(24)15-20/h3-15,23H,16H2,1-2H3,(H,25,27)/t23-/m1/s1. The molecule has 3 aromatic carbocycles. The van der Waals surface area contributed by atoms with Crippen molar-refractivity contribution >= 4 is 33.2 Å². The van der Waals surface area contributed by atoms with Gasteiger partial charge in [-0.25, -0.2) is 8.42 Å². The van der Waals surface area contributed by atoms with Crippen molar-refractivity contribution in [2.45, 2.75) is 13.0 Å². The highest BCUT2D eigenvalue weighted by atomic mass is 35.5. The molecule has 7 heteroatoms. The molecule has 0 saturated carbocycles. The first kappa shape index (κ1) is 21.9. The molecular formula is C23H23ClN2O3S. The van der Waals surface area contributed by atoms with E-state index in [4.69, 9.17) is 11.6 Å². The fourth-order valence-corrected chi connectivity index (χ4v) is 4.30. The van der Waals surface area contributed by atoms with E-state index in [-0.39, 0.29) is 6.54 Å². The molecule has 1 atom stereocenters. The van der Waals surface area contributed by atoms with Crippen LogP contribution in [-0.4, -0.2) is 27.1 Å². The molecule has 0 heterocycles. The van der Waals surface area contributed by atoms with Crippen LogP contribution in [0.3, 0.4) is 0 Å². The van der Waals surface area contributed by atoms with Gasteiger partial charge in [0.15, 0.2) is 0 Å². The molecule has 0 saturated heterocycles. The van der Waals surface area contributed by atoms with Crippen molar-refractivity contribution in [3.63, 3.8) is 0 Å². The second kappa shape index (κ2) is 9.32. The topological polar surface area (TPSA) is 66.5 Å². The second-order valence-corrected chi connectivity index (χ2v) is 9.36. The number of nitrogens with zero attached hydrogens (tertiary/aromatic N) is 1. The van der Waals surface area contributed by atoms with Gasteiger partial charge in [-0.2, -0.15) is 0 Å². The molecule has 156 valence electrons. The maximum Gasteiger partial charge on any atom is 0.241 e. The molecule has 0 aliphatic heterocycles. The number of carbonyl (C=O) groups excluding carboxylic acids is 1. The summed E-state index contributed by atoms with van der Waals surface area (Å²) in [6, 6.07) is 23.4. The van der Waals surface area contributed by atoms with Crippen LogP contribution in [0.15, 0.2) is 78.9 Å². The van der Waals surface area contributed by atoms with Crippen molar-refractivity contribution in [1.29, 1.82) is 0 Å². The van der Waals surface area contributed by atoms with Gasteiger partial charge >= 0.3 is 0 Å². The number of halogens is 1. The van der Waals surface area contributed by atoms with Crippen LogP contribution in [-0.2, 0) is 14.8 Å². The summed E-state index contributed by atoms with van der Waals surface area (Å²) in [7, 11) is -3.69. The zero-order valence-corrected chi connectivity index (χ0v) is 18.3. The number of sulfonamides is 1. The summed E-state index contributed by atoms with van der Waals surface area (Å²) < 4.78 is 25.8. The van der Waals surface area contributed by atoms with Crippen LogP contribution >= 0.6 is 11.6 Å². The molecule has 0 aliphatic rings. The number of carbonyl (C=O) groups is 1. The zero-order chi connectivity index (χ0) is 21.7. The number of hydrogen-bond donors (Lipinski definition) is 1. The molecule has 0 unspecified atom stereocenters. The minimum absolute atomic E-state index is 0.340. The Morgan fingerprint density at radius 3 is 2.30 bits per heavy atom. The van der Waals surface area contributed by atoms with Crippen LogP contribution in [0.5, 0.6) is 0 Å². The lowest BCUT2D eigenvalue weighted by atomic mass is 9.95. The summed E-state index contributed by atoms with van der Waals surface area (Å²) in [6.45, 7) is 1.63. The first-order chi connectivity index (χ1) is 14.3. The number of anilines is 1. The highest BCUT2D eigenvalue weighted by molar-refractivity contribution is 7.92. The molecule has 0 spiro atoms. The minimum atomic E-state index is -3.69. The fourth-order valence-electron chi connectivity index (χ4n) is 3.27. The average Bonchev–Trinajstić information content (AvgIpc) is 2.71. The summed E-state index contributed by atoms with van der Waals surface area (Å²) in [4.78, 5) is 13.0. The van der Waals surface area contributed by atoms with E-state index >= 15 is 0 Å². The summed E-state index contributed by atoms with van der Waals surface area (Å²) in [5.74, 6) is -0.419. The molecule has 30 heavy (non-hydrogen) atoms. The lowest BCUT2D eigenvalue weighted by molar-refractivity contribution is -0.120. The minimum Gasteiger partial charge on any atom is -0.344 e. The Hall–Kier alpha value is -2.83. The second-order valence-electron chi connectivity index (χ2n) is 7.02. The number of nitrogens with one attached hydrogen (secondary N) is 1. The van der Waals surface area contributed by atoms with Crippen molar-refractivity contribution in [2.24, 2.45) is 0 Å². The van der Waals surface area contributed by atoms with Crippen molar-refractivity contribution in [3.8, 4) is 0 Å². The first-order valence-corrected chi connectivity index (χ1v) is 11.6. The average molecular weight is 443 g/mol. The highest BCUT2D eigenvalue weighted by Crippen LogP contribution is 2.26. The van der Waals surface area contributed by atoms with Crippen molar-refractivity contribution in [3.05, 3.63) is 101 Å². The Bertz CT molecular complexity index is 1130. The quantitative estimate of drug-likeness (QED) is 0.592. The lowest BCUT2D eigenvalue weighted by Crippen LogP contribution is -2.42. The number of benzene rings is 3. The third kappa shape index (κ3) is 5.40. The van der Waals surface area contributed by atoms with Gasteiger partial charge < -0.3 is 5.32 Å². The summed E-state index contributed by atoms with van der Waals surface area (Å²) in [5.41, 5.74) is 3.23. The molecule has 0 radical (unpaired) electrons. The van der Waals surface area contributed by atoms with Crippen molar-refractivity contribution < 1.29 is 13.2 Å². The van der Waals surface area contributed by atoms with Crippen LogP contribution in [0.4, 0.5) is 5.69 Å². The van der Waals surface area contributed by atoms with Gasteiger partial charge in [-0.1, -0.05) is 72.3 Å². The Morgan fingerprint density at radius 2 is 1.67 bits per heavy atom. The zero-order valence-electron chi connectivity index (χ0n) is 16.7. The molecule has 0 aliphatic carbocycles. The Morgan fingerprint density at radius 1 is 1.00 bits per heavy atom. The van der Waals surface area contributed by atoms with Gasteiger partial charge in [0, 0.05) is 5.02 Å². The summed E-state index contributed by atoms with van der Waals surface area (Å²) >= 11 is 6.02. The van der Waals surface area contributed by atoms with Gasteiger partial charge in [0.05, 0.1) is 18.0 Å². The number of hydrogen-bond acceptors (Lipinski definition) is 3. The van der Waals surface area contributed by atoms with E-state index in [1.165, 1.54) is 6.07 Å².